The minimum atomic E-state index is 0.895. The first-order valence-corrected chi connectivity index (χ1v) is 6.88. The molecule has 0 fully saturated rings. The number of benzene rings is 1. The van der Waals surface area contributed by atoms with E-state index in [1.807, 2.05) is 18.5 Å². The summed E-state index contributed by atoms with van der Waals surface area (Å²) in [5.74, 6) is 0. The van der Waals surface area contributed by atoms with Crippen molar-refractivity contribution in [1.82, 2.24) is 4.98 Å². The largest absolute Gasteiger partial charge is 0.369 e. The summed E-state index contributed by atoms with van der Waals surface area (Å²) in [6.07, 6.45) is 4.73. The fourth-order valence-corrected chi connectivity index (χ4v) is 2.47. The molecule has 0 aliphatic rings. The van der Waals surface area contributed by atoms with Crippen molar-refractivity contribution in [3.05, 3.63) is 58.3 Å². The van der Waals surface area contributed by atoms with Crippen molar-refractivity contribution < 1.29 is 0 Å². The van der Waals surface area contributed by atoms with Crippen LogP contribution in [0.15, 0.2) is 47.2 Å². The molecule has 2 aromatic rings. The van der Waals surface area contributed by atoms with Gasteiger partial charge >= 0.3 is 0 Å². The number of halogens is 1. The summed E-state index contributed by atoms with van der Waals surface area (Å²) in [6, 6.07) is 10.8. The second-order valence-corrected chi connectivity index (χ2v) is 5.21. The Kier molecular flexibility index (Phi) is 4.37. The zero-order valence-electron chi connectivity index (χ0n) is 10.7. The van der Waals surface area contributed by atoms with Crippen molar-refractivity contribution in [1.29, 1.82) is 0 Å². The lowest BCUT2D eigenvalue weighted by Gasteiger charge is -2.20. The summed E-state index contributed by atoms with van der Waals surface area (Å²) in [5.41, 5.74) is 3.86. The van der Waals surface area contributed by atoms with Gasteiger partial charge in [0.25, 0.3) is 0 Å². The van der Waals surface area contributed by atoms with Crippen LogP contribution in [0.5, 0.6) is 0 Å². The predicted molar refractivity (Wildman–Crippen MR) is 79.9 cm³/mol. The maximum Gasteiger partial charge on any atom is 0.0592 e. The minimum Gasteiger partial charge on any atom is -0.369 e. The van der Waals surface area contributed by atoms with Crippen molar-refractivity contribution in [2.75, 3.05) is 11.9 Å². The van der Waals surface area contributed by atoms with E-state index in [1.54, 1.807) is 0 Å². The van der Waals surface area contributed by atoms with Gasteiger partial charge in [0, 0.05) is 26.0 Å². The molecular weight excluding hydrogens is 288 g/mol. The smallest absolute Gasteiger partial charge is 0.0592 e. The Morgan fingerprint density at radius 1 is 1.11 bits per heavy atom. The monoisotopic (exact) mass is 304 g/mol. The molecule has 0 saturated heterocycles. The Labute approximate surface area is 117 Å². The zero-order chi connectivity index (χ0) is 13.0. The highest BCUT2D eigenvalue weighted by atomic mass is 79.9. The zero-order valence-corrected chi connectivity index (χ0v) is 12.3. The fraction of sp³-hybridized carbons (Fsp3) is 0.267. The van der Waals surface area contributed by atoms with Crippen LogP contribution in [0.2, 0.25) is 0 Å². The van der Waals surface area contributed by atoms with Gasteiger partial charge in [-0.15, -0.1) is 0 Å². The molecule has 0 N–H and O–H groups in total. The Morgan fingerprint density at radius 2 is 1.78 bits per heavy atom. The molecule has 1 heterocycles. The van der Waals surface area contributed by atoms with E-state index < -0.39 is 0 Å². The number of hydrogen-bond acceptors (Lipinski definition) is 2. The molecule has 0 spiro atoms. The molecule has 0 bridgehead atoms. The van der Waals surface area contributed by atoms with Gasteiger partial charge in [-0.05, 0) is 39.5 Å². The maximum absolute atomic E-state index is 4.08. The van der Waals surface area contributed by atoms with Crippen LogP contribution in [0.4, 0.5) is 5.69 Å². The maximum atomic E-state index is 4.08. The SMILES string of the molecule is CCc1ccc(CN(C)c2ccncc2Br)cc1. The molecule has 1 aromatic carbocycles. The summed E-state index contributed by atoms with van der Waals surface area (Å²) in [5, 5.41) is 0. The van der Waals surface area contributed by atoms with Gasteiger partial charge in [-0.25, -0.2) is 0 Å². The molecule has 0 radical (unpaired) electrons. The number of aromatic nitrogens is 1. The van der Waals surface area contributed by atoms with Gasteiger partial charge in [0.05, 0.1) is 10.2 Å². The van der Waals surface area contributed by atoms with Gasteiger partial charge in [-0.2, -0.15) is 0 Å². The molecule has 0 aliphatic heterocycles. The second kappa shape index (κ2) is 6.01. The molecule has 2 nitrogen and oxygen atoms in total. The second-order valence-electron chi connectivity index (χ2n) is 4.35. The lowest BCUT2D eigenvalue weighted by atomic mass is 10.1. The van der Waals surface area contributed by atoms with Crippen LogP contribution < -0.4 is 4.90 Å². The lowest BCUT2D eigenvalue weighted by molar-refractivity contribution is 0.915. The van der Waals surface area contributed by atoms with Crippen LogP contribution in [0.1, 0.15) is 18.1 Å². The summed E-state index contributed by atoms with van der Waals surface area (Å²) < 4.78 is 1.03. The van der Waals surface area contributed by atoms with E-state index in [4.69, 9.17) is 0 Å². The van der Waals surface area contributed by atoms with Gasteiger partial charge in [-0.3, -0.25) is 4.98 Å². The normalized spacial score (nSPS) is 10.4. The Bertz CT molecular complexity index is 508. The average molecular weight is 305 g/mol. The lowest BCUT2D eigenvalue weighted by Crippen LogP contribution is -2.16. The molecule has 3 heteroatoms. The van der Waals surface area contributed by atoms with Crippen molar-refractivity contribution in [3.8, 4) is 0 Å². The summed E-state index contributed by atoms with van der Waals surface area (Å²) in [7, 11) is 2.09. The molecule has 2 rings (SSSR count). The van der Waals surface area contributed by atoms with Crippen LogP contribution in [0.3, 0.4) is 0 Å². The molecule has 18 heavy (non-hydrogen) atoms. The van der Waals surface area contributed by atoms with Gasteiger partial charge < -0.3 is 4.90 Å². The van der Waals surface area contributed by atoms with E-state index in [2.05, 4.69) is 64.1 Å². The fourth-order valence-electron chi connectivity index (χ4n) is 1.92. The Balaban J connectivity index is 2.11. The van der Waals surface area contributed by atoms with Crippen molar-refractivity contribution >= 4 is 21.6 Å². The first-order valence-electron chi connectivity index (χ1n) is 6.09. The highest BCUT2D eigenvalue weighted by molar-refractivity contribution is 9.10. The van der Waals surface area contributed by atoms with Gasteiger partial charge in [-0.1, -0.05) is 31.2 Å². The molecule has 1 aromatic heterocycles. The number of anilines is 1. The van der Waals surface area contributed by atoms with E-state index in [0.717, 1.165) is 23.1 Å². The molecular formula is C15H17BrN2. The highest BCUT2D eigenvalue weighted by Crippen LogP contribution is 2.24. The first-order chi connectivity index (χ1) is 8.70. The summed E-state index contributed by atoms with van der Waals surface area (Å²) >= 11 is 3.53. The third-order valence-electron chi connectivity index (χ3n) is 3.01. The van der Waals surface area contributed by atoms with Crippen molar-refractivity contribution in [2.45, 2.75) is 19.9 Å². The Morgan fingerprint density at radius 3 is 2.39 bits per heavy atom. The molecule has 0 atom stereocenters. The van der Waals surface area contributed by atoms with Crippen LogP contribution in [0, 0.1) is 0 Å². The van der Waals surface area contributed by atoms with Crippen LogP contribution >= 0.6 is 15.9 Å². The van der Waals surface area contributed by atoms with Gasteiger partial charge in [0.1, 0.15) is 0 Å². The summed E-state index contributed by atoms with van der Waals surface area (Å²) in [4.78, 5) is 6.30. The van der Waals surface area contributed by atoms with Gasteiger partial charge in [0.2, 0.25) is 0 Å². The van der Waals surface area contributed by atoms with Crippen LogP contribution in [-0.4, -0.2) is 12.0 Å². The van der Waals surface area contributed by atoms with E-state index in [-0.39, 0.29) is 0 Å². The molecule has 0 saturated carbocycles. The van der Waals surface area contributed by atoms with E-state index in [0.29, 0.717) is 0 Å². The van der Waals surface area contributed by atoms with Crippen molar-refractivity contribution in [2.24, 2.45) is 0 Å². The number of hydrogen-bond donors (Lipinski definition) is 0. The summed E-state index contributed by atoms with van der Waals surface area (Å²) in [6.45, 7) is 3.07. The highest BCUT2D eigenvalue weighted by Gasteiger charge is 2.05. The van der Waals surface area contributed by atoms with E-state index in [1.165, 1.54) is 11.1 Å². The standard InChI is InChI=1S/C15H17BrN2/c1-3-12-4-6-13(7-5-12)11-18(2)15-8-9-17-10-14(15)16/h4-10H,3,11H2,1-2H3. The number of rotatable bonds is 4. The molecule has 0 amide bonds. The van der Waals surface area contributed by atoms with Crippen molar-refractivity contribution in [3.63, 3.8) is 0 Å². The molecule has 0 aliphatic carbocycles. The van der Waals surface area contributed by atoms with E-state index in [9.17, 15) is 0 Å². The number of pyridine rings is 1. The van der Waals surface area contributed by atoms with Crippen LogP contribution in [0.25, 0.3) is 0 Å². The molecule has 0 unspecified atom stereocenters. The van der Waals surface area contributed by atoms with Crippen LogP contribution in [-0.2, 0) is 13.0 Å². The quantitative estimate of drug-likeness (QED) is 0.847. The average Bonchev–Trinajstić information content (AvgIpc) is 2.40. The number of nitrogens with zero attached hydrogens (tertiary/aromatic N) is 2. The number of aryl methyl sites for hydroxylation is 1. The first kappa shape index (κ1) is 13.1. The Hall–Kier alpha value is -1.35. The predicted octanol–water partition coefficient (Wildman–Crippen LogP) is 4.04. The van der Waals surface area contributed by atoms with E-state index >= 15 is 0 Å². The minimum absolute atomic E-state index is 0.895. The van der Waals surface area contributed by atoms with Gasteiger partial charge in [0.15, 0.2) is 0 Å². The molecule has 94 valence electrons. The third-order valence-corrected chi connectivity index (χ3v) is 3.62. The third kappa shape index (κ3) is 3.10. The topological polar surface area (TPSA) is 16.1 Å².